The molecule has 0 spiro atoms. The molecule has 2 amide bonds. The van der Waals surface area contributed by atoms with Crippen LogP contribution in [0.25, 0.3) is 0 Å². The number of rotatable bonds is 7. The fourth-order valence-corrected chi connectivity index (χ4v) is 2.40. The Balaban J connectivity index is 2.56. The maximum absolute atomic E-state index is 13.0. The minimum absolute atomic E-state index is 0.0265. The highest BCUT2D eigenvalue weighted by Crippen LogP contribution is 2.39. The third-order valence-corrected chi connectivity index (χ3v) is 3.54. The molecule has 0 atom stereocenters. The van der Waals surface area contributed by atoms with E-state index < -0.39 is 17.6 Å². The lowest BCUT2D eigenvalue weighted by molar-refractivity contribution is -0.115. The number of carbonyl (C=O) groups is 3. The van der Waals surface area contributed by atoms with Crippen LogP contribution in [0.2, 0.25) is 0 Å². The van der Waals surface area contributed by atoms with Crippen LogP contribution in [0.4, 0.5) is 11.8 Å². The van der Waals surface area contributed by atoms with Crippen LogP contribution in [0.1, 0.15) is 29.8 Å². The van der Waals surface area contributed by atoms with Gasteiger partial charge in [0.15, 0.2) is 17.3 Å². The standard InChI is InChI=1S/C18H20N4O6/c1-9(23)20-17-12(8-19-18(22-17)21-10(2)24)15(25)11-6-13(26-3)16(28-5)14(7-11)27-4/h6-8H,1-5H3,(H2,19,20,21,22,23,24). The first kappa shape index (κ1) is 20.6. The number of hydrogen-bond acceptors (Lipinski definition) is 8. The molecule has 2 rings (SSSR count). The monoisotopic (exact) mass is 388 g/mol. The molecule has 1 heterocycles. The Morgan fingerprint density at radius 3 is 1.93 bits per heavy atom. The van der Waals surface area contributed by atoms with Gasteiger partial charge in [0.1, 0.15) is 5.82 Å². The molecule has 0 radical (unpaired) electrons. The Bertz CT molecular complexity index is 903. The molecular weight excluding hydrogens is 368 g/mol. The van der Waals surface area contributed by atoms with Crippen molar-refractivity contribution >= 4 is 29.4 Å². The molecule has 148 valence electrons. The number of hydrogen-bond donors (Lipinski definition) is 2. The van der Waals surface area contributed by atoms with E-state index >= 15 is 0 Å². The topological polar surface area (TPSA) is 129 Å². The van der Waals surface area contributed by atoms with Crippen molar-refractivity contribution in [2.24, 2.45) is 0 Å². The first-order valence-electron chi connectivity index (χ1n) is 8.07. The van der Waals surface area contributed by atoms with E-state index in [0.717, 1.165) is 0 Å². The number of nitrogens with zero attached hydrogens (tertiary/aromatic N) is 2. The molecule has 0 fully saturated rings. The summed E-state index contributed by atoms with van der Waals surface area (Å²) in [4.78, 5) is 43.8. The van der Waals surface area contributed by atoms with Crippen molar-refractivity contribution in [1.82, 2.24) is 9.97 Å². The highest BCUT2D eigenvalue weighted by molar-refractivity contribution is 6.13. The average molecular weight is 388 g/mol. The number of carbonyl (C=O) groups excluding carboxylic acids is 3. The molecule has 0 aliphatic rings. The Kier molecular flexibility index (Phi) is 6.48. The first-order valence-corrected chi connectivity index (χ1v) is 8.07. The molecule has 10 nitrogen and oxygen atoms in total. The van der Waals surface area contributed by atoms with E-state index in [0.29, 0.717) is 17.2 Å². The number of amides is 2. The quantitative estimate of drug-likeness (QED) is 0.685. The second-order valence-corrected chi connectivity index (χ2v) is 5.56. The second-order valence-electron chi connectivity index (χ2n) is 5.56. The van der Waals surface area contributed by atoms with Crippen LogP contribution in [0.5, 0.6) is 17.2 Å². The number of aromatic nitrogens is 2. The predicted molar refractivity (Wildman–Crippen MR) is 100 cm³/mol. The molecule has 1 aromatic carbocycles. The third-order valence-electron chi connectivity index (χ3n) is 3.54. The van der Waals surface area contributed by atoms with Gasteiger partial charge < -0.3 is 19.5 Å². The lowest BCUT2D eigenvalue weighted by Crippen LogP contribution is -2.17. The summed E-state index contributed by atoms with van der Waals surface area (Å²) in [5, 5.41) is 4.86. The summed E-state index contributed by atoms with van der Waals surface area (Å²) in [6, 6.07) is 2.95. The van der Waals surface area contributed by atoms with Crippen molar-refractivity contribution in [2.45, 2.75) is 13.8 Å². The van der Waals surface area contributed by atoms with E-state index in [4.69, 9.17) is 14.2 Å². The second kappa shape index (κ2) is 8.80. The van der Waals surface area contributed by atoms with Gasteiger partial charge in [0.25, 0.3) is 0 Å². The zero-order valence-electron chi connectivity index (χ0n) is 16.1. The lowest BCUT2D eigenvalue weighted by Gasteiger charge is -2.14. The summed E-state index contributed by atoms with van der Waals surface area (Å²) in [5.41, 5.74) is 0.232. The van der Waals surface area contributed by atoms with E-state index in [-0.39, 0.29) is 22.9 Å². The van der Waals surface area contributed by atoms with E-state index in [9.17, 15) is 14.4 Å². The smallest absolute Gasteiger partial charge is 0.231 e. The normalized spacial score (nSPS) is 10.0. The van der Waals surface area contributed by atoms with Gasteiger partial charge in [0.2, 0.25) is 23.5 Å². The maximum Gasteiger partial charge on any atom is 0.231 e. The summed E-state index contributed by atoms with van der Waals surface area (Å²) in [5.74, 6) is -0.478. The average Bonchev–Trinajstić information content (AvgIpc) is 2.65. The van der Waals surface area contributed by atoms with Gasteiger partial charge in [-0.3, -0.25) is 19.7 Å². The molecule has 2 N–H and O–H groups in total. The van der Waals surface area contributed by atoms with Crippen LogP contribution in [-0.4, -0.2) is 48.9 Å². The molecule has 0 unspecified atom stereocenters. The maximum atomic E-state index is 13.0. The third kappa shape index (κ3) is 4.53. The lowest BCUT2D eigenvalue weighted by atomic mass is 10.0. The molecule has 0 saturated carbocycles. The molecule has 1 aromatic heterocycles. The van der Waals surface area contributed by atoms with Crippen LogP contribution >= 0.6 is 0 Å². The summed E-state index contributed by atoms with van der Waals surface area (Å²) >= 11 is 0. The summed E-state index contributed by atoms with van der Waals surface area (Å²) < 4.78 is 15.8. The van der Waals surface area contributed by atoms with E-state index in [2.05, 4.69) is 20.6 Å². The Labute approximate surface area is 161 Å². The van der Waals surface area contributed by atoms with Gasteiger partial charge >= 0.3 is 0 Å². The van der Waals surface area contributed by atoms with Gasteiger partial charge in [0.05, 0.1) is 26.9 Å². The number of methoxy groups -OCH3 is 3. The Morgan fingerprint density at radius 2 is 1.46 bits per heavy atom. The SMILES string of the molecule is COc1cc(C(=O)c2cnc(NC(C)=O)nc2NC(C)=O)cc(OC)c1OC. The van der Waals surface area contributed by atoms with Gasteiger partial charge in [-0.25, -0.2) is 4.98 Å². The number of nitrogens with one attached hydrogen (secondary N) is 2. The number of ketones is 1. The van der Waals surface area contributed by atoms with Crippen LogP contribution in [0, 0.1) is 0 Å². The van der Waals surface area contributed by atoms with Gasteiger partial charge in [-0.15, -0.1) is 0 Å². The highest BCUT2D eigenvalue weighted by atomic mass is 16.5. The molecule has 10 heteroatoms. The van der Waals surface area contributed by atoms with Gasteiger partial charge in [0, 0.05) is 25.6 Å². The number of ether oxygens (including phenoxy) is 3. The molecule has 2 aromatic rings. The van der Waals surface area contributed by atoms with Crippen molar-refractivity contribution in [2.75, 3.05) is 32.0 Å². The molecule has 28 heavy (non-hydrogen) atoms. The zero-order valence-corrected chi connectivity index (χ0v) is 16.1. The summed E-state index contributed by atoms with van der Waals surface area (Å²) in [7, 11) is 4.31. The Morgan fingerprint density at radius 1 is 0.893 bits per heavy atom. The number of benzene rings is 1. The summed E-state index contributed by atoms with van der Waals surface area (Å²) in [6.45, 7) is 2.56. The molecule has 0 saturated heterocycles. The van der Waals surface area contributed by atoms with E-state index in [1.807, 2.05) is 0 Å². The van der Waals surface area contributed by atoms with Gasteiger partial charge in [-0.05, 0) is 12.1 Å². The van der Waals surface area contributed by atoms with Gasteiger partial charge in [-0.1, -0.05) is 0 Å². The largest absolute Gasteiger partial charge is 0.493 e. The fourth-order valence-electron chi connectivity index (χ4n) is 2.40. The number of anilines is 2. The van der Waals surface area contributed by atoms with Crippen LogP contribution in [-0.2, 0) is 9.59 Å². The van der Waals surface area contributed by atoms with Crippen LogP contribution < -0.4 is 24.8 Å². The van der Waals surface area contributed by atoms with E-state index in [1.165, 1.54) is 53.5 Å². The molecular formula is C18H20N4O6. The zero-order chi connectivity index (χ0) is 20.8. The van der Waals surface area contributed by atoms with E-state index in [1.54, 1.807) is 0 Å². The minimum atomic E-state index is -0.489. The van der Waals surface area contributed by atoms with Crippen molar-refractivity contribution in [3.8, 4) is 17.2 Å². The van der Waals surface area contributed by atoms with Crippen molar-refractivity contribution in [3.63, 3.8) is 0 Å². The fraction of sp³-hybridized carbons (Fsp3) is 0.278. The van der Waals surface area contributed by atoms with Crippen molar-refractivity contribution < 1.29 is 28.6 Å². The van der Waals surface area contributed by atoms with Crippen LogP contribution in [0.15, 0.2) is 18.3 Å². The highest BCUT2D eigenvalue weighted by Gasteiger charge is 2.22. The Hall–Kier alpha value is -3.69. The molecule has 0 aliphatic heterocycles. The predicted octanol–water partition coefficient (Wildman–Crippen LogP) is 1.65. The van der Waals surface area contributed by atoms with Crippen LogP contribution in [0.3, 0.4) is 0 Å². The molecule has 0 aliphatic carbocycles. The van der Waals surface area contributed by atoms with Crippen molar-refractivity contribution in [3.05, 3.63) is 29.5 Å². The first-order chi connectivity index (χ1) is 13.3. The summed E-state index contributed by atoms with van der Waals surface area (Å²) in [6.07, 6.45) is 1.22. The van der Waals surface area contributed by atoms with Gasteiger partial charge in [-0.2, -0.15) is 4.98 Å². The van der Waals surface area contributed by atoms with Crippen molar-refractivity contribution in [1.29, 1.82) is 0 Å². The minimum Gasteiger partial charge on any atom is -0.493 e. The molecule has 0 bridgehead atoms.